The van der Waals surface area contributed by atoms with Crippen LogP contribution in [0.3, 0.4) is 0 Å². The van der Waals surface area contributed by atoms with Crippen molar-refractivity contribution >= 4 is 5.71 Å². The molecule has 1 saturated heterocycles. The number of piperidine rings is 1. The van der Waals surface area contributed by atoms with E-state index in [0.717, 1.165) is 19.4 Å². The quantitative estimate of drug-likeness (QED) is 0.784. The molecule has 0 aromatic carbocycles. The number of aromatic nitrogens is 1. The average Bonchev–Trinajstić information content (AvgIpc) is 3.09. The SMILES string of the molecule is COC(c1cncc(F)c1OC(C)C)[C@@]12CCCC[N+]1=C2C. The second-order valence-corrected chi connectivity index (χ2v) is 6.44. The van der Waals surface area contributed by atoms with Gasteiger partial charge >= 0.3 is 0 Å². The summed E-state index contributed by atoms with van der Waals surface area (Å²) in [6.45, 7) is 6.98. The van der Waals surface area contributed by atoms with E-state index in [-0.39, 0.29) is 23.5 Å². The first-order valence-corrected chi connectivity index (χ1v) is 7.97. The number of halogens is 1. The van der Waals surface area contributed by atoms with Crippen LogP contribution in [0.15, 0.2) is 12.4 Å². The molecule has 0 saturated carbocycles. The van der Waals surface area contributed by atoms with E-state index < -0.39 is 5.82 Å². The summed E-state index contributed by atoms with van der Waals surface area (Å²) in [5.41, 5.74) is 1.92. The minimum absolute atomic E-state index is 0.0996. The van der Waals surface area contributed by atoms with Crippen LogP contribution in [0.2, 0.25) is 0 Å². The lowest BCUT2D eigenvalue weighted by atomic mass is 9.84. The van der Waals surface area contributed by atoms with Gasteiger partial charge in [-0.15, -0.1) is 0 Å². The van der Waals surface area contributed by atoms with Crippen LogP contribution in [0.5, 0.6) is 5.75 Å². The normalized spacial score (nSPS) is 25.2. The predicted octanol–water partition coefficient (Wildman–Crippen LogP) is 3.11. The minimum Gasteiger partial charge on any atom is -0.487 e. The molecule has 22 heavy (non-hydrogen) atoms. The molecule has 2 aliphatic heterocycles. The minimum atomic E-state index is -0.426. The number of ether oxygens (including phenoxy) is 2. The lowest BCUT2D eigenvalue weighted by Crippen LogP contribution is -2.37. The zero-order chi connectivity index (χ0) is 15.9. The molecule has 0 aliphatic carbocycles. The van der Waals surface area contributed by atoms with Crippen molar-refractivity contribution in [3.05, 3.63) is 23.8 Å². The van der Waals surface area contributed by atoms with Gasteiger partial charge in [0.2, 0.25) is 5.71 Å². The summed E-state index contributed by atoms with van der Waals surface area (Å²) in [6, 6.07) is 0. The van der Waals surface area contributed by atoms with Crippen LogP contribution in [0.1, 0.15) is 51.7 Å². The van der Waals surface area contributed by atoms with E-state index in [2.05, 4.69) is 16.5 Å². The zero-order valence-corrected chi connectivity index (χ0v) is 13.7. The van der Waals surface area contributed by atoms with E-state index in [1.54, 1.807) is 13.3 Å². The van der Waals surface area contributed by atoms with E-state index in [0.29, 0.717) is 5.56 Å². The molecule has 3 heterocycles. The monoisotopic (exact) mass is 307 g/mol. The highest BCUT2D eigenvalue weighted by atomic mass is 19.1. The highest BCUT2D eigenvalue weighted by Crippen LogP contribution is 2.49. The molecule has 2 aliphatic rings. The molecule has 1 unspecified atom stereocenters. The standard InChI is InChI=1S/C17H24FN2O2/c1-11(2)22-15-13(9-19-10-14(15)18)16(21-4)17-7-5-6-8-20(17)12(17)3/h9-11,16H,5-8H2,1-4H3/q+1/t16?,17-/m0/s1. The van der Waals surface area contributed by atoms with Crippen molar-refractivity contribution in [3.8, 4) is 5.75 Å². The average molecular weight is 307 g/mol. The Hall–Kier alpha value is -1.49. The third-order valence-electron chi connectivity index (χ3n) is 4.84. The molecule has 1 aromatic heterocycles. The Morgan fingerprint density at radius 3 is 2.73 bits per heavy atom. The summed E-state index contributed by atoms with van der Waals surface area (Å²) in [5, 5.41) is 0. The number of nitrogens with zero attached hydrogens (tertiary/aromatic N) is 2. The highest BCUT2D eigenvalue weighted by molar-refractivity contribution is 5.95. The zero-order valence-electron chi connectivity index (χ0n) is 13.7. The fraction of sp³-hybridized carbons (Fsp3) is 0.647. The maximum absolute atomic E-state index is 14.2. The lowest BCUT2D eigenvalue weighted by Gasteiger charge is -2.26. The van der Waals surface area contributed by atoms with Gasteiger partial charge in [0.15, 0.2) is 17.7 Å². The van der Waals surface area contributed by atoms with Crippen LogP contribution >= 0.6 is 0 Å². The smallest absolute Gasteiger partial charge is 0.270 e. The Bertz CT molecular complexity index is 615. The molecule has 2 atom stereocenters. The fourth-order valence-corrected chi connectivity index (χ4v) is 3.86. The Balaban J connectivity index is 2.00. The molecule has 5 heteroatoms. The first kappa shape index (κ1) is 15.4. The van der Waals surface area contributed by atoms with Crippen molar-refractivity contribution in [1.29, 1.82) is 0 Å². The summed E-state index contributed by atoms with van der Waals surface area (Å²) < 4.78 is 28.2. The molecule has 0 radical (unpaired) electrons. The summed E-state index contributed by atoms with van der Waals surface area (Å²) in [4.78, 5) is 4.03. The third kappa shape index (κ3) is 2.22. The summed E-state index contributed by atoms with van der Waals surface area (Å²) in [5.74, 6) is -0.151. The highest BCUT2D eigenvalue weighted by Gasteiger charge is 2.69. The molecule has 0 bridgehead atoms. The largest absolute Gasteiger partial charge is 0.487 e. The Kier molecular flexibility index (Phi) is 3.93. The molecule has 1 aromatic rings. The Morgan fingerprint density at radius 1 is 1.32 bits per heavy atom. The Labute approximate surface area is 131 Å². The van der Waals surface area contributed by atoms with E-state index >= 15 is 0 Å². The molecular formula is C17H24FN2O2+. The number of pyridine rings is 1. The lowest BCUT2D eigenvalue weighted by molar-refractivity contribution is -0.529. The van der Waals surface area contributed by atoms with Crippen molar-refractivity contribution in [3.63, 3.8) is 0 Å². The second kappa shape index (κ2) is 5.61. The topological polar surface area (TPSA) is 34.4 Å². The number of fused-ring (bicyclic) bond motifs is 1. The van der Waals surface area contributed by atoms with E-state index in [4.69, 9.17) is 9.47 Å². The first-order valence-electron chi connectivity index (χ1n) is 7.97. The van der Waals surface area contributed by atoms with Gasteiger partial charge in [0.25, 0.3) is 5.54 Å². The van der Waals surface area contributed by atoms with Crippen LogP contribution in [0.4, 0.5) is 4.39 Å². The predicted molar refractivity (Wildman–Crippen MR) is 82.1 cm³/mol. The van der Waals surface area contributed by atoms with Crippen LogP contribution in [-0.4, -0.2) is 40.6 Å². The van der Waals surface area contributed by atoms with Crippen molar-refractivity contribution in [2.75, 3.05) is 13.7 Å². The molecule has 4 nitrogen and oxygen atoms in total. The van der Waals surface area contributed by atoms with Crippen LogP contribution in [0, 0.1) is 5.82 Å². The summed E-state index contributed by atoms with van der Waals surface area (Å²) >= 11 is 0. The maximum atomic E-state index is 14.2. The van der Waals surface area contributed by atoms with Crippen LogP contribution < -0.4 is 4.74 Å². The van der Waals surface area contributed by atoms with Crippen LogP contribution in [0.25, 0.3) is 0 Å². The number of hydrogen-bond acceptors (Lipinski definition) is 3. The van der Waals surface area contributed by atoms with Gasteiger partial charge in [-0.05, 0) is 20.3 Å². The van der Waals surface area contributed by atoms with Gasteiger partial charge in [-0.25, -0.2) is 8.97 Å². The molecule has 120 valence electrons. The van der Waals surface area contributed by atoms with Gasteiger partial charge in [-0.1, -0.05) is 0 Å². The number of methoxy groups -OCH3 is 1. The van der Waals surface area contributed by atoms with E-state index in [9.17, 15) is 4.39 Å². The Morgan fingerprint density at radius 2 is 2.09 bits per heavy atom. The van der Waals surface area contributed by atoms with Crippen molar-refractivity contribution in [2.24, 2.45) is 0 Å². The molecule has 0 spiro atoms. The second-order valence-electron chi connectivity index (χ2n) is 6.44. The van der Waals surface area contributed by atoms with E-state index in [1.165, 1.54) is 18.3 Å². The van der Waals surface area contributed by atoms with Crippen molar-refractivity contribution in [1.82, 2.24) is 4.98 Å². The van der Waals surface area contributed by atoms with Gasteiger partial charge in [0.05, 0.1) is 17.9 Å². The van der Waals surface area contributed by atoms with Crippen LogP contribution in [-0.2, 0) is 4.74 Å². The molecule has 3 rings (SSSR count). The number of hydrogen-bond donors (Lipinski definition) is 0. The molecular weight excluding hydrogens is 283 g/mol. The maximum Gasteiger partial charge on any atom is 0.270 e. The third-order valence-corrected chi connectivity index (χ3v) is 4.84. The molecule has 1 fully saturated rings. The molecule has 0 amide bonds. The summed E-state index contributed by atoms with van der Waals surface area (Å²) in [6.07, 6.45) is 5.94. The van der Waals surface area contributed by atoms with Crippen molar-refractivity contribution < 1.29 is 18.4 Å². The number of rotatable bonds is 5. The van der Waals surface area contributed by atoms with E-state index in [1.807, 2.05) is 13.8 Å². The van der Waals surface area contributed by atoms with Crippen molar-refractivity contribution in [2.45, 2.75) is 57.8 Å². The van der Waals surface area contributed by atoms with Gasteiger partial charge in [0, 0.05) is 33.1 Å². The fourth-order valence-electron chi connectivity index (χ4n) is 3.86. The first-order chi connectivity index (χ1) is 10.5. The van der Waals surface area contributed by atoms with Gasteiger partial charge in [-0.2, -0.15) is 0 Å². The van der Waals surface area contributed by atoms with Gasteiger partial charge < -0.3 is 9.47 Å². The van der Waals surface area contributed by atoms with Gasteiger partial charge in [-0.3, -0.25) is 4.98 Å². The summed E-state index contributed by atoms with van der Waals surface area (Å²) in [7, 11) is 1.68. The molecule has 0 N–H and O–H groups in total. The van der Waals surface area contributed by atoms with Gasteiger partial charge in [0.1, 0.15) is 6.54 Å².